The smallest absolute Gasteiger partial charge is 0.269 e. The standard InChI is InChI=1S/C15H16N2O2S/c18-17(19)12-4-1-3-11(9-12)10-16-14-5-2-6-15-13(14)7-8-20-15/h1,3-4,7-9,14,16H,2,5-6,10H2. The first kappa shape index (κ1) is 13.3. The molecule has 1 aromatic carbocycles. The number of hydrogen-bond acceptors (Lipinski definition) is 4. The van der Waals surface area contributed by atoms with Crippen molar-refractivity contribution in [2.75, 3.05) is 0 Å². The van der Waals surface area contributed by atoms with Crippen LogP contribution in [-0.4, -0.2) is 4.92 Å². The van der Waals surface area contributed by atoms with Crippen LogP contribution in [0.2, 0.25) is 0 Å². The van der Waals surface area contributed by atoms with Gasteiger partial charge in [0.1, 0.15) is 0 Å². The Morgan fingerprint density at radius 3 is 3.15 bits per heavy atom. The van der Waals surface area contributed by atoms with Crippen molar-refractivity contribution in [1.29, 1.82) is 0 Å². The van der Waals surface area contributed by atoms with Crippen molar-refractivity contribution in [3.63, 3.8) is 0 Å². The average Bonchev–Trinajstić information content (AvgIpc) is 2.94. The molecule has 0 bridgehead atoms. The van der Waals surface area contributed by atoms with E-state index in [0.717, 1.165) is 12.0 Å². The third-order valence-corrected chi connectivity index (χ3v) is 4.72. The predicted molar refractivity (Wildman–Crippen MR) is 79.9 cm³/mol. The SMILES string of the molecule is O=[N+]([O-])c1cccc(CNC2CCCc3sccc32)c1. The topological polar surface area (TPSA) is 55.2 Å². The van der Waals surface area contributed by atoms with Gasteiger partial charge in [0.05, 0.1) is 4.92 Å². The number of nitro benzene ring substituents is 1. The Labute approximate surface area is 121 Å². The first-order chi connectivity index (χ1) is 9.74. The third kappa shape index (κ3) is 2.73. The van der Waals surface area contributed by atoms with Crippen LogP contribution in [0.4, 0.5) is 5.69 Å². The Bertz CT molecular complexity index is 624. The van der Waals surface area contributed by atoms with E-state index in [4.69, 9.17) is 0 Å². The summed E-state index contributed by atoms with van der Waals surface area (Å²) in [6, 6.07) is 9.42. The van der Waals surface area contributed by atoms with Crippen LogP contribution in [0.5, 0.6) is 0 Å². The second kappa shape index (κ2) is 5.73. The van der Waals surface area contributed by atoms with Gasteiger partial charge in [0, 0.05) is 29.6 Å². The van der Waals surface area contributed by atoms with Crippen molar-refractivity contribution >= 4 is 17.0 Å². The highest BCUT2D eigenvalue weighted by Crippen LogP contribution is 2.33. The molecule has 2 aromatic rings. The number of nitrogens with zero attached hydrogens (tertiary/aromatic N) is 1. The molecule has 1 heterocycles. The largest absolute Gasteiger partial charge is 0.306 e. The molecule has 1 unspecified atom stereocenters. The van der Waals surface area contributed by atoms with E-state index in [9.17, 15) is 10.1 Å². The maximum Gasteiger partial charge on any atom is 0.269 e. The predicted octanol–water partition coefficient (Wildman–Crippen LogP) is 3.82. The van der Waals surface area contributed by atoms with Crippen LogP contribution in [0, 0.1) is 10.1 Å². The zero-order valence-corrected chi connectivity index (χ0v) is 11.9. The van der Waals surface area contributed by atoms with Crippen molar-refractivity contribution in [3.8, 4) is 0 Å². The molecule has 0 radical (unpaired) electrons. The number of aryl methyl sites for hydroxylation is 1. The van der Waals surface area contributed by atoms with Crippen LogP contribution in [0.3, 0.4) is 0 Å². The van der Waals surface area contributed by atoms with Gasteiger partial charge in [-0.1, -0.05) is 12.1 Å². The lowest BCUT2D eigenvalue weighted by Crippen LogP contribution is -2.23. The lowest BCUT2D eigenvalue weighted by molar-refractivity contribution is -0.384. The molecular weight excluding hydrogens is 272 g/mol. The summed E-state index contributed by atoms with van der Waals surface area (Å²) >= 11 is 1.83. The summed E-state index contributed by atoms with van der Waals surface area (Å²) in [6.45, 7) is 0.668. The highest BCUT2D eigenvalue weighted by molar-refractivity contribution is 7.10. The number of fused-ring (bicyclic) bond motifs is 1. The zero-order chi connectivity index (χ0) is 13.9. The Hall–Kier alpha value is -1.72. The zero-order valence-electron chi connectivity index (χ0n) is 11.0. The molecule has 104 valence electrons. The van der Waals surface area contributed by atoms with Crippen LogP contribution in [0.25, 0.3) is 0 Å². The molecule has 0 saturated carbocycles. The summed E-state index contributed by atoms with van der Waals surface area (Å²) in [7, 11) is 0. The van der Waals surface area contributed by atoms with E-state index in [-0.39, 0.29) is 10.6 Å². The summed E-state index contributed by atoms with van der Waals surface area (Å²) in [5.74, 6) is 0. The molecule has 0 saturated heterocycles. The number of nitrogens with one attached hydrogen (secondary N) is 1. The van der Waals surface area contributed by atoms with Crippen LogP contribution in [-0.2, 0) is 13.0 Å². The molecule has 0 fully saturated rings. The summed E-state index contributed by atoms with van der Waals surface area (Å²) in [5.41, 5.74) is 2.53. The second-order valence-corrected chi connectivity index (χ2v) is 6.05. The summed E-state index contributed by atoms with van der Waals surface area (Å²) in [5, 5.41) is 16.5. The van der Waals surface area contributed by atoms with Gasteiger partial charge in [0.15, 0.2) is 0 Å². The second-order valence-electron chi connectivity index (χ2n) is 5.05. The quantitative estimate of drug-likeness (QED) is 0.687. The fraction of sp³-hybridized carbons (Fsp3) is 0.333. The molecule has 1 atom stereocenters. The van der Waals surface area contributed by atoms with Gasteiger partial charge in [0.2, 0.25) is 0 Å². The molecule has 20 heavy (non-hydrogen) atoms. The van der Waals surface area contributed by atoms with Gasteiger partial charge in [-0.05, 0) is 41.8 Å². The lowest BCUT2D eigenvalue weighted by Gasteiger charge is -2.23. The Kier molecular flexibility index (Phi) is 3.80. The number of hydrogen-bond donors (Lipinski definition) is 1. The minimum absolute atomic E-state index is 0.157. The molecule has 1 aromatic heterocycles. The molecule has 3 rings (SSSR count). The molecule has 0 amide bonds. The number of nitro groups is 1. The van der Waals surface area contributed by atoms with Gasteiger partial charge in [-0.3, -0.25) is 10.1 Å². The van der Waals surface area contributed by atoms with Gasteiger partial charge >= 0.3 is 0 Å². The van der Waals surface area contributed by atoms with Crippen LogP contribution >= 0.6 is 11.3 Å². The fourth-order valence-corrected chi connectivity index (χ4v) is 3.71. The van der Waals surface area contributed by atoms with E-state index in [1.54, 1.807) is 12.1 Å². The van der Waals surface area contributed by atoms with E-state index in [0.29, 0.717) is 12.6 Å². The first-order valence-electron chi connectivity index (χ1n) is 6.77. The number of benzene rings is 1. The monoisotopic (exact) mass is 288 g/mol. The molecule has 1 N–H and O–H groups in total. The van der Waals surface area contributed by atoms with E-state index in [1.165, 1.54) is 29.3 Å². The highest BCUT2D eigenvalue weighted by atomic mass is 32.1. The van der Waals surface area contributed by atoms with Crippen LogP contribution in [0.15, 0.2) is 35.7 Å². The molecule has 4 nitrogen and oxygen atoms in total. The molecular formula is C15H16N2O2S. The Morgan fingerprint density at radius 1 is 1.40 bits per heavy atom. The molecule has 0 aliphatic heterocycles. The van der Waals surface area contributed by atoms with Gasteiger partial charge in [-0.15, -0.1) is 11.3 Å². The molecule has 1 aliphatic rings. The van der Waals surface area contributed by atoms with Gasteiger partial charge in [-0.2, -0.15) is 0 Å². The summed E-state index contributed by atoms with van der Waals surface area (Å²) in [4.78, 5) is 11.9. The van der Waals surface area contributed by atoms with E-state index in [2.05, 4.69) is 16.8 Å². The lowest BCUT2D eigenvalue weighted by atomic mass is 9.94. The van der Waals surface area contributed by atoms with Crippen LogP contribution < -0.4 is 5.32 Å². The molecule has 5 heteroatoms. The Balaban J connectivity index is 1.69. The van der Waals surface area contributed by atoms with E-state index >= 15 is 0 Å². The van der Waals surface area contributed by atoms with Crippen molar-refractivity contribution in [2.45, 2.75) is 31.8 Å². The van der Waals surface area contributed by atoms with Crippen molar-refractivity contribution in [2.24, 2.45) is 0 Å². The number of thiophene rings is 1. The summed E-state index contributed by atoms with van der Waals surface area (Å²) in [6.07, 6.45) is 3.53. The van der Waals surface area contributed by atoms with Gasteiger partial charge < -0.3 is 5.32 Å². The van der Waals surface area contributed by atoms with Crippen molar-refractivity contribution < 1.29 is 4.92 Å². The Morgan fingerprint density at radius 2 is 2.30 bits per heavy atom. The normalized spacial score (nSPS) is 17.7. The van der Waals surface area contributed by atoms with Crippen molar-refractivity contribution in [1.82, 2.24) is 5.32 Å². The highest BCUT2D eigenvalue weighted by Gasteiger charge is 2.20. The number of rotatable bonds is 4. The van der Waals surface area contributed by atoms with Crippen LogP contribution in [0.1, 0.15) is 34.9 Å². The maximum atomic E-state index is 10.8. The molecule has 0 spiro atoms. The maximum absolute atomic E-state index is 10.8. The van der Waals surface area contributed by atoms with Crippen molar-refractivity contribution in [3.05, 3.63) is 61.8 Å². The first-order valence-corrected chi connectivity index (χ1v) is 7.65. The van der Waals surface area contributed by atoms with E-state index in [1.807, 2.05) is 17.4 Å². The van der Waals surface area contributed by atoms with Gasteiger partial charge in [0.25, 0.3) is 5.69 Å². The minimum Gasteiger partial charge on any atom is -0.306 e. The third-order valence-electron chi connectivity index (χ3n) is 3.73. The minimum atomic E-state index is -0.346. The molecule has 1 aliphatic carbocycles. The summed E-state index contributed by atoms with van der Waals surface area (Å²) < 4.78 is 0. The van der Waals surface area contributed by atoms with Gasteiger partial charge in [-0.25, -0.2) is 0 Å². The fourth-order valence-electron chi connectivity index (χ4n) is 2.72. The van der Waals surface area contributed by atoms with E-state index < -0.39 is 0 Å². The average molecular weight is 288 g/mol. The number of non-ortho nitro benzene ring substituents is 1.